The third kappa shape index (κ3) is 4.08. The number of aromatic hydroxyl groups is 1. The summed E-state index contributed by atoms with van der Waals surface area (Å²) >= 11 is 0. The first-order valence-corrected chi connectivity index (χ1v) is 6.27. The highest BCUT2D eigenvalue weighted by Crippen LogP contribution is 2.12. The summed E-state index contributed by atoms with van der Waals surface area (Å²) in [7, 11) is 1.69. The Morgan fingerprint density at radius 3 is 3.11 bits per heavy atom. The molecular weight excluding hydrogens is 242 g/mol. The third-order valence-electron chi connectivity index (χ3n) is 2.83. The number of nitrogens with one attached hydrogen (secondary N) is 1. The Morgan fingerprint density at radius 1 is 1.42 bits per heavy atom. The van der Waals surface area contributed by atoms with Crippen molar-refractivity contribution < 1.29 is 9.84 Å². The lowest BCUT2D eigenvalue weighted by Crippen LogP contribution is -2.21. The van der Waals surface area contributed by atoms with Crippen LogP contribution in [0.4, 0.5) is 0 Å². The van der Waals surface area contributed by atoms with Crippen LogP contribution in [0.3, 0.4) is 0 Å². The van der Waals surface area contributed by atoms with Gasteiger partial charge in [-0.3, -0.25) is 0 Å². The van der Waals surface area contributed by atoms with E-state index in [1.165, 1.54) is 0 Å². The van der Waals surface area contributed by atoms with Gasteiger partial charge in [-0.25, -0.2) is 4.98 Å². The Kier molecular flexibility index (Phi) is 4.94. The van der Waals surface area contributed by atoms with Gasteiger partial charge in [0.25, 0.3) is 0 Å². The fourth-order valence-corrected chi connectivity index (χ4v) is 1.88. The van der Waals surface area contributed by atoms with Gasteiger partial charge in [-0.2, -0.15) is 0 Å². The summed E-state index contributed by atoms with van der Waals surface area (Å²) in [6.45, 7) is 2.90. The summed E-state index contributed by atoms with van der Waals surface area (Å²) in [5.74, 6) is 1.26. The predicted molar refractivity (Wildman–Crippen MR) is 73.0 cm³/mol. The topological polar surface area (TPSA) is 59.3 Å². The predicted octanol–water partition coefficient (Wildman–Crippen LogP) is 1.37. The fraction of sp³-hybridized carbons (Fsp3) is 0.357. The second-order valence-electron chi connectivity index (χ2n) is 4.31. The van der Waals surface area contributed by atoms with Gasteiger partial charge in [0.05, 0.1) is 13.2 Å². The van der Waals surface area contributed by atoms with E-state index in [9.17, 15) is 5.11 Å². The van der Waals surface area contributed by atoms with Gasteiger partial charge in [0.2, 0.25) is 0 Å². The molecule has 5 nitrogen and oxygen atoms in total. The van der Waals surface area contributed by atoms with Crippen LogP contribution in [0.25, 0.3) is 0 Å². The number of benzene rings is 1. The number of phenols is 1. The molecule has 2 aromatic rings. The standard InChI is InChI=1S/C14H19N3O2/c1-19-8-6-15-10-14-16-5-7-17(14)11-12-3-2-4-13(18)9-12/h2-5,7,9,15,18H,6,8,10-11H2,1H3. The molecule has 1 aromatic carbocycles. The molecule has 0 fully saturated rings. The molecule has 5 heteroatoms. The van der Waals surface area contributed by atoms with E-state index in [0.29, 0.717) is 19.7 Å². The number of hydrogen-bond acceptors (Lipinski definition) is 4. The maximum atomic E-state index is 9.46. The highest BCUT2D eigenvalue weighted by atomic mass is 16.5. The van der Waals surface area contributed by atoms with Crippen molar-refractivity contribution in [3.05, 3.63) is 48.0 Å². The molecule has 0 saturated carbocycles. The Labute approximate surface area is 112 Å². The normalized spacial score (nSPS) is 10.8. The van der Waals surface area contributed by atoms with Crippen molar-refractivity contribution in [2.24, 2.45) is 0 Å². The first-order chi connectivity index (χ1) is 9.29. The maximum absolute atomic E-state index is 9.46. The number of rotatable bonds is 7. The van der Waals surface area contributed by atoms with Gasteiger partial charge in [-0.1, -0.05) is 12.1 Å². The summed E-state index contributed by atoms with van der Waals surface area (Å²) < 4.78 is 7.05. The van der Waals surface area contributed by atoms with Crippen molar-refractivity contribution in [2.45, 2.75) is 13.1 Å². The summed E-state index contributed by atoms with van der Waals surface area (Å²) in [4.78, 5) is 4.33. The van der Waals surface area contributed by atoms with E-state index in [2.05, 4.69) is 14.9 Å². The van der Waals surface area contributed by atoms with Gasteiger partial charge >= 0.3 is 0 Å². The van der Waals surface area contributed by atoms with Gasteiger partial charge in [-0.15, -0.1) is 0 Å². The average Bonchev–Trinajstić information content (AvgIpc) is 2.82. The summed E-state index contributed by atoms with van der Waals surface area (Å²) in [5, 5.41) is 12.7. The zero-order valence-electron chi connectivity index (χ0n) is 11.0. The molecule has 0 unspecified atom stereocenters. The molecule has 0 aliphatic carbocycles. The molecule has 0 atom stereocenters. The third-order valence-corrected chi connectivity index (χ3v) is 2.83. The molecule has 0 aliphatic heterocycles. The molecule has 2 rings (SSSR count). The van der Waals surface area contributed by atoms with Crippen LogP contribution < -0.4 is 5.32 Å². The molecule has 102 valence electrons. The first kappa shape index (κ1) is 13.6. The Hall–Kier alpha value is -1.85. The molecule has 2 N–H and O–H groups in total. The lowest BCUT2D eigenvalue weighted by molar-refractivity contribution is 0.199. The van der Waals surface area contributed by atoms with E-state index in [-0.39, 0.29) is 5.75 Å². The van der Waals surface area contributed by atoms with E-state index in [4.69, 9.17) is 4.74 Å². The second kappa shape index (κ2) is 6.92. The van der Waals surface area contributed by atoms with Crippen molar-refractivity contribution in [3.8, 4) is 5.75 Å². The van der Waals surface area contributed by atoms with Crippen LogP contribution in [-0.4, -0.2) is 34.9 Å². The van der Waals surface area contributed by atoms with Crippen LogP contribution in [0, 0.1) is 0 Å². The summed E-state index contributed by atoms with van der Waals surface area (Å²) in [5.41, 5.74) is 1.05. The molecule has 0 aliphatic rings. The monoisotopic (exact) mass is 261 g/mol. The van der Waals surface area contributed by atoms with Crippen molar-refractivity contribution in [1.29, 1.82) is 0 Å². The highest BCUT2D eigenvalue weighted by molar-refractivity contribution is 5.27. The highest BCUT2D eigenvalue weighted by Gasteiger charge is 2.03. The minimum absolute atomic E-state index is 0.289. The van der Waals surface area contributed by atoms with E-state index in [1.807, 2.05) is 18.3 Å². The summed E-state index contributed by atoms with van der Waals surface area (Å²) in [6.07, 6.45) is 3.73. The van der Waals surface area contributed by atoms with Crippen LogP contribution in [-0.2, 0) is 17.8 Å². The number of methoxy groups -OCH3 is 1. The second-order valence-corrected chi connectivity index (χ2v) is 4.31. The largest absolute Gasteiger partial charge is 0.508 e. The molecule has 0 saturated heterocycles. The number of imidazole rings is 1. The van der Waals surface area contributed by atoms with E-state index >= 15 is 0 Å². The molecular formula is C14H19N3O2. The quantitative estimate of drug-likeness (QED) is 0.739. The Morgan fingerprint density at radius 2 is 2.32 bits per heavy atom. The van der Waals surface area contributed by atoms with Gasteiger partial charge in [0.15, 0.2) is 0 Å². The summed E-state index contributed by atoms with van der Waals surface area (Å²) in [6, 6.07) is 7.27. The zero-order chi connectivity index (χ0) is 13.5. The van der Waals surface area contributed by atoms with Crippen LogP contribution in [0.1, 0.15) is 11.4 Å². The van der Waals surface area contributed by atoms with E-state index < -0.39 is 0 Å². The molecule has 0 radical (unpaired) electrons. The van der Waals surface area contributed by atoms with Crippen LogP contribution in [0.15, 0.2) is 36.7 Å². The molecule has 0 spiro atoms. The van der Waals surface area contributed by atoms with Gasteiger partial charge in [0.1, 0.15) is 11.6 Å². The Bertz CT molecular complexity index is 511. The van der Waals surface area contributed by atoms with Gasteiger partial charge < -0.3 is 19.7 Å². The van der Waals surface area contributed by atoms with Gasteiger partial charge in [0, 0.05) is 32.6 Å². The minimum Gasteiger partial charge on any atom is -0.508 e. The smallest absolute Gasteiger partial charge is 0.122 e. The lowest BCUT2D eigenvalue weighted by atomic mass is 10.2. The Balaban J connectivity index is 1.95. The average molecular weight is 261 g/mol. The van der Waals surface area contributed by atoms with Crippen LogP contribution in [0.2, 0.25) is 0 Å². The van der Waals surface area contributed by atoms with Crippen molar-refractivity contribution >= 4 is 0 Å². The first-order valence-electron chi connectivity index (χ1n) is 6.27. The number of hydrogen-bond donors (Lipinski definition) is 2. The van der Waals surface area contributed by atoms with Gasteiger partial charge in [-0.05, 0) is 17.7 Å². The minimum atomic E-state index is 0.289. The number of aromatic nitrogens is 2. The number of phenolic OH excluding ortho intramolecular Hbond substituents is 1. The number of nitrogens with zero attached hydrogens (tertiary/aromatic N) is 2. The van der Waals surface area contributed by atoms with E-state index in [0.717, 1.165) is 17.9 Å². The van der Waals surface area contributed by atoms with Crippen LogP contribution >= 0.6 is 0 Å². The van der Waals surface area contributed by atoms with Crippen molar-refractivity contribution in [3.63, 3.8) is 0 Å². The lowest BCUT2D eigenvalue weighted by Gasteiger charge is -2.09. The molecule has 0 amide bonds. The molecule has 1 aromatic heterocycles. The van der Waals surface area contributed by atoms with E-state index in [1.54, 1.807) is 25.4 Å². The van der Waals surface area contributed by atoms with Crippen molar-refractivity contribution in [2.75, 3.05) is 20.3 Å². The maximum Gasteiger partial charge on any atom is 0.122 e. The SMILES string of the molecule is COCCNCc1nccn1Cc1cccc(O)c1. The van der Waals surface area contributed by atoms with Crippen molar-refractivity contribution in [1.82, 2.24) is 14.9 Å². The molecule has 0 bridgehead atoms. The molecule has 1 heterocycles. The fourth-order valence-electron chi connectivity index (χ4n) is 1.88. The molecule has 19 heavy (non-hydrogen) atoms. The zero-order valence-corrected chi connectivity index (χ0v) is 11.0. The van der Waals surface area contributed by atoms with Crippen LogP contribution in [0.5, 0.6) is 5.75 Å². The number of ether oxygens (including phenoxy) is 1.